The summed E-state index contributed by atoms with van der Waals surface area (Å²) in [6.07, 6.45) is 6.90. The van der Waals surface area contributed by atoms with E-state index in [0.717, 1.165) is 31.7 Å². The van der Waals surface area contributed by atoms with Crippen LogP contribution in [0.1, 0.15) is 13.8 Å². The number of imidazole rings is 2. The summed E-state index contributed by atoms with van der Waals surface area (Å²) in [5.74, 6) is 2.56. The molecule has 6 aromatic heterocycles. The lowest BCUT2D eigenvalue weighted by molar-refractivity contribution is -0.268. The molecule has 0 aliphatic carbocycles. The van der Waals surface area contributed by atoms with Gasteiger partial charge in [0.05, 0.1) is 0 Å². The van der Waals surface area contributed by atoms with Crippen LogP contribution in [0.15, 0.2) is 122 Å². The summed E-state index contributed by atoms with van der Waals surface area (Å²) in [6.45, 7) is 4.00. The molecule has 0 amide bonds. The first kappa shape index (κ1) is 28.2. The van der Waals surface area contributed by atoms with Crippen molar-refractivity contribution in [3.63, 3.8) is 0 Å². The van der Waals surface area contributed by atoms with Gasteiger partial charge in [-0.05, 0) is 60.7 Å². The first-order valence-electron chi connectivity index (χ1n) is 13.2. The quantitative estimate of drug-likeness (QED) is 0.111. The molecule has 15 heteroatoms. The summed E-state index contributed by atoms with van der Waals surface area (Å²) >= 11 is 12.4. The number of hydrogen-bond acceptors (Lipinski definition) is 10. The van der Waals surface area contributed by atoms with Gasteiger partial charge in [-0.2, -0.15) is 0 Å². The van der Waals surface area contributed by atoms with Crippen LogP contribution < -0.4 is 5.69 Å². The average Bonchev–Trinajstić information content (AvgIpc) is 3.74. The van der Waals surface area contributed by atoms with Crippen LogP contribution in [0.3, 0.4) is 0 Å². The lowest BCUT2D eigenvalue weighted by atomic mass is 10.4. The van der Waals surface area contributed by atoms with E-state index in [0.29, 0.717) is 18.5 Å². The fourth-order valence-electron chi connectivity index (χ4n) is 4.54. The lowest BCUT2D eigenvalue weighted by Gasteiger charge is -2.18. The van der Waals surface area contributed by atoms with Crippen LogP contribution in [0.2, 0.25) is 0 Å². The number of pyridine rings is 4. The number of nitrogens with zero attached hydrogens (tertiary/aromatic N) is 9. The van der Waals surface area contributed by atoms with Gasteiger partial charge in [-0.15, -0.1) is 0 Å². The molecular weight excluding hydrogens is 639 g/mol. The van der Waals surface area contributed by atoms with Gasteiger partial charge < -0.3 is 0 Å². The molecule has 10 nitrogen and oxygen atoms in total. The fraction of sp³-hybridized carbons (Fsp3) is 0.0714. The number of fused-ring (bicyclic) bond motifs is 2. The molecule has 0 atom stereocenters. The Bertz CT molecular complexity index is 1750. The van der Waals surface area contributed by atoms with Crippen LogP contribution in [0, 0.1) is 4.77 Å². The molecule has 0 saturated carbocycles. The zero-order valence-electron chi connectivity index (χ0n) is 22.7. The minimum Gasteiger partial charge on any atom is -0.257 e. The molecule has 43 heavy (non-hydrogen) atoms. The Labute approximate surface area is 269 Å². The van der Waals surface area contributed by atoms with Crippen molar-refractivity contribution < 1.29 is 2.10 Å². The Hall–Kier alpha value is -3.60. The van der Waals surface area contributed by atoms with Crippen molar-refractivity contribution >= 4 is 60.0 Å². The van der Waals surface area contributed by atoms with Gasteiger partial charge in [-0.25, -0.2) is 33.9 Å². The van der Waals surface area contributed by atoms with E-state index in [1.165, 1.54) is 0 Å². The van der Waals surface area contributed by atoms with Crippen molar-refractivity contribution in [2.24, 2.45) is 0 Å². The maximum Gasteiger partial charge on any atom is 0.341 e. The molecule has 2 aliphatic heterocycles. The maximum absolute atomic E-state index is 13.9. The third-order valence-electron chi connectivity index (χ3n) is 6.25. The Morgan fingerprint density at radius 2 is 0.837 bits per heavy atom. The molecule has 0 fully saturated rings. The van der Waals surface area contributed by atoms with Gasteiger partial charge in [0.15, 0.2) is 72.7 Å². The van der Waals surface area contributed by atoms with E-state index in [-0.39, 0.29) is 5.69 Å². The molecule has 6 aromatic rings. The zero-order chi connectivity index (χ0) is 29.6. The second-order valence-electron chi connectivity index (χ2n) is 8.69. The predicted molar refractivity (Wildman–Crippen MR) is 174 cm³/mol. The van der Waals surface area contributed by atoms with E-state index in [2.05, 4.69) is 19.9 Å². The van der Waals surface area contributed by atoms with E-state index < -0.39 is 0 Å². The highest BCUT2D eigenvalue weighted by Crippen LogP contribution is 2.71. The first-order chi connectivity index (χ1) is 21.1. The van der Waals surface area contributed by atoms with Gasteiger partial charge in [-0.1, -0.05) is 40.2 Å². The van der Waals surface area contributed by atoms with Gasteiger partial charge in [-0.3, -0.25) is 9.13 Å². The lowest BCUT2D eigenvalue weighted by Crippen LogP contribution is -2.25. The van der Waals surface area contributed by atoms with Gasteiger partial charge in [0.1, 0.15) is 23.3 Å². The van der Waals surface area contributed by atoms with Crippen LogP contribution in [-0.4, -0.2) is 40.3 Å². The van der Waals surface area contributed by atoms with Crippen molar-refractivity contribution in [2.75, 3.05) is 0 Å². The molecule has 0 unspecified atom stereocenters. The van der Waals surface area contributed by atoms with Gasteiger partial charge in [0.25, 0.3) is 0 Å². The van der Waals surface area contributed by atoms with Crippen molar-refractivity contribution in [3.8, 4) is 23.3 Å². The summed E-state index contributed by atoms with van der Waals surface area (Å²) in [6, 6.07) is 22.7. The number of rotatable bonds is 4. The van der Waals surface area contributed by atoms with Crippen LogP contribution >= 0.6 is 60.0 Å². The zero-order valence-corrected chi connectivity index (χ0v) is 26.8. The van der Waals surface area contributed by atoms with Crippen LogP contribution in [-0.2, 0) is 0 Å². The molecule has 0 N–H and O–H groups in total. The summed E-state index contributed by atoms with van der Waals surface area (Å²) in [7, 11) is 0. The van der Waals surface area contributed by atoms with E-state index in [1.54, 1.807) is 81.7 Å². The Morgan fingerprint density at radius 1 is 0.535 bits per heavy atom. The van der Waals surface area contributed by atoms with E-state index in [4.69, 9.17) is 12.2 Å². The van der Waals surface area contributed by atoms with E-state index in [9.17, 15) is 4.79 Å². The smallest absolute Gasteiger partial charge is 0.257 e. The Kier molecular flexibility index (Phi) is 7.53. The van der Waals surface area contributed by atoms with Crippen LogP contribution in [0.4, 0.5) is 0 Å². The fourth-order valence-corrected chi connectivity index (χ4v) is 11.5. The summed E-state index contributed by atoms with van der Waals surface area (Å²) < 4.78 is 8.28. The number of quaternary nitrogens is 1. The maximum atomic E-state index is 13.9. The van der Waals surface area contributed by atoms with Gasteiger partial charge in [0, 0.05) is 24.8 Å². The molecule has 1 spiro atoms. The summed E-state index contributed by atoms with van der Waals surface area (Å²) in [4.78, 5) is 32.1. The standard InChI is InChI=1S/C26H16N9OS5.C2H6/c36-25-31(17-9-1-5-13-27-17)21-22(32(25)18-10-2-6-14-28-18)39-35(38-21)40-23-24(41-35)34(20-12-4-8-16-30-20)26(37)33(23)19-11-3-7-15-29-19;1-2/h1-16H;1-2H3/q+1;. The monoisotopic (exact) mass is 660 g/mol. The summed E-state index contributed by atoms with van der Waals surface area (Å²) in [5, 5.41) is 3.49. The highest BCUT2D eigenvalue weighted by molar-refractivity contribution is 8.31. The molecule has 0 radical (unpaired) electrons. The average molecular weight is 661 g/mol. The minimum atomic E-state index is -0.216. The van der Waals surface area contributed by atoms with Gasteiger partial charge in [0.2, 0.25) is 0 Å². The van der Waals surface area contributed by atoms with E-state index >= 15 is 0 Å². The highest BCUT2D eigenvalue weighted by atomic mass is 32.3. The van der Waals surface area contributed by atoms with E-state index in [1.807, 2.05) is 95.8 Å². The van der Waals surface area contributed by atoms with Crippen molar-refractivity contribution in [3.05, 3.63) is 113 Å². The number of hydrogen-bond donors (Lipinski definition) is 0. The Balaban J connectivity index is 0.00000147. The first-order valence-corrected chi connectivity index (χ1v) is 16.7. The topological polar surface area (TPSA) is 88.4 Å². The molecule has 0 saturated heterocycles. The predicted octanol–water partition coefficient (Wildman–Crippen LogP) is 7.12. The van der Waals surface area contributed by atoms with Crippen molar-refractivity contribution in [1.29, 1.82) is 0 Å². The Morgan fingerprint density at radius 3 is 1.14 bits per heavy atom. The molecule has 2 aliphatic rings. The van der Waals surface area contributed by atoms with Crippen molar-refractivity contribution in [2.45, 2.75) is 34.0 Å². The molecular formula is C28H22N9OS5+. The van der Waals surface area contributed by atoms with Crippen LogP contribution in [0.25, 0.3) is 23.3 Å². The largest absolute Gasteiger partial charge is 0.341 e. The molecule has 8 heterocycles. The molecule has 0 aromatic carbocycles. The van der Waals surface area contributed by atoms with Gasteiger partial charge >= 0.3 is 5.69 Å². The highest BCUT2D eigenvalue weighted by Gasteiger charge is 2.58. The SMILES string of the molecule is CC.O=c1n(-c2ccccn2)c2c(n1-c1ccccn1)S[N+]1(S2)Sc2c(n(-c3ccccn3)c(=S)n2-c2ccccn2)S1. The third-order valence-corrected chi connectivity index (χ3v) is 12.6. The van der Waals surface area contributed by atoms with Crippen LogP contribution in [0.5, 0.6) is 0 Å². The molecule has 0 bridgehead atoms. The summed E-state index contributed by atoms with van der Waals surface area (Å²) in [5.41, 5.74) is -0.216. The second-order valence-corrected chi connectivity index (χ2v) is 14.9. The number of aromatic nitrogens is 8. The van der Waals surface area contributed by atoms with Crippen molar-refractivity contribution in [1.82, 2.24) is 38.2 Å². The molecule has 8 rings (SSSR count). The second kappa shape index (κ2) is 11.5. The minimum absolute atomic E-state index is 0.216. The molecule has 214 valence electrons. The third kappa shape index (κ3) is 4.67. The normalized spacial score (nSPS) is 14.3.